The minimum absolute atomic E-state index is 0.147. The molecule has 0 bridgehead atoms. The predicted molar refractivity (Wildman–Crippen MR) is 253 cm³/mol. The van der Waals surface area contributed by atoms with E-state index in [1.165, 1.54) is 186 Å². The van der Waals surface area contributed by atoms with Gasteiger partial charge in [-0.2, -0.15) is 0 Å². The van der Waals surface area contributed by atoms with Crippen molar-refractivity contribution in [2.75, 3.05) is 46.1 Å². The number of ether oxygens (including phenoxy) is 3. The standard InChI is InChI=1S/C55H99NO3/c1-7-8-9-10-11-12-13-14-15-16-17-18-19-20-21-25-39-57-44-49(43-56-37-23-22-24-38-56)59-41-40-58-48-33-35-54(5)47(42-48)29-30-50-52-32-31-51(46(4)28-26-27-45(2)3)55(52,6)36-34-53(50)54/h14-15,29,45-46,48-53H,7-13,16-28,30-44H2,1-6H3/b15-14-/t46-,48+,49?,50+,51-,52+,53+,54+,55-/m1/s1. The van der Waals surface area contributed by atoms with Gasteiger partial charge in [0.15, 0.2) is 0 Å². The van der Waals surface area contributed by atoms with Crippen LogP contribution in [0.3, 0.4) is 0 Å². The fraction of sp³-hybridized carbons (Fsp3) is 0.927. The van der Waals surface area contributed by atoms with Gasteiger partial charge in [0.25, 0.3) is 0 Å². The highest BCUT2D eigenvalue weighted by Crippen LogP contribution is 2.67. The maximum Gasteiger partial charge on any atom is 0.0936 e. The summed E-state index contributed by atoms with van der Waals surface area (Å²) in [6.07, 6.45) is 46.1. The van der Waals surface area contributed by atoms with Crippen molar-refractivity contribution in [1.29, 1.82) is 0 Å². The summed E-state index contributed by atoms with van der Waals surface area (Å²) in [5.74, 6) is 5.40. The van der Waals surface area contributed by atoms with Crippen molar-refractivity contribution in [3.05, 3.63) is 23.8 Å². The number of allylic oxidation sites excluding steroid dienone is 3. The molecule has 5 rings (SSSR count). The van der Waals surface area contributed by atoms with E-state index >= 15 is 0 Å². The lowest BCUT2D eigenvalue weighted by Gasteiger charge is -2.58. The Kier molecular flexibility index (Phi) is 22.4. The fourth-order valence-electron chi connectivity index (χ4n) is 13.5. The maximum atomic E-state index is 6.64. The number of fused-ring (bicyclic) bond motifs is 5. The van der Waals surface area contributed by atoms with E-state index in [0.29, 0.717) is 30.1 Å². The summed E-state index contributed by atoms with van der Waals surface area (Å²) >= 11 is 0. The van der Waals surface area contributed by atoms with Crippen molar-refractivity contribution in [3.8, 4) is 0 Å². The second kappa shape index (κ2) is 26.8. The van der Waals surface area contributed by atoms with Crippen LogP contribution in [0.25, 0.3) is 0 Å². The minimum atomic E-state index is 0.147. The summed E-state index contributed by atoms with van der Waals surface area (Å²) in [6, 6.07) is 0. The van der Waals surface area contributed by atoms with E-state index in [1.807, 2.05) is 0 Å². The molecule has 0 amide bonds. The third kappa shape index (κ3) is 15.5. The van der Waals surface area contributed by atoms with Crippen molar-refractivity contribution >= 4 is 0 Å². The Morgan fingerprint density at radius 2 is 1.44 bits per heavy atom. The molecule has 5 aliphatic rings. The number of nitrogens with zero attached hydrogens (tertiary/aromatic N) is 1. The summed E-state index contributed by atoms with van der Waals surface area (Å²) in [7, 11) is 0. The molecular formula is C55H99NO3. The van der Waals surface area contributed by atoms with Gasteiger partial charge in [0, 0.05) is 13.2 Å². The Morgan fingerprint density at radius 3 is 2.17 bits per heavy atom. The van der Waals surface area contributed by atoms with Gasteiger partial charge in [-0.15, -0.1) is 0 Å². The number of hydrogen-bond donors (Lipinski definition) is 0. The summed E-state index contributed by atoms with van der Waals surface area (Å²) in [4.78, 5) is 2.61. The second-order valence-corrected chi connectivity index (χ2v) is 21.9. The van der Waals surface area contributed by atoms with Crippen LogP contribution in [-0.2, 0) is 14.2 Å². The average molecular weight is 822 g/mol. The molecular weight excluding hydrogens is 723 g/mol. The van der Waals surface area contributed by atoms with Gasteiger partial charge >= 0.3 is 0 Å². The molecule has 3 saturated carbocycles. The molecule has 0 N–H and O–H groups in total. The highest BCUT2D eigenvalue weighted by atomic mass is 16.6. The van der Waals surface area contributed by atoms with Gasteiger partial charge in [-0.3, -0.25) is 0 Å². The van der Waals surface area contributed by atoms with Crippen molar-refractivity contribution in [1.82, 2.24) is 4.90 Å². The summed E-state index contributed by atoms with van der Waals surface area (Å²) in [6.45, 7) is 21.5. The van der Waals surface area contributed by atoms with Crippen LogP contribution < -0.4 is 0 Å². The molecule has 4 fully saturated rings. The molecule has 1 aliphatic heterocycles. The Balaban J connectivity index is 0.955. The molecule has 1 unspecified atom stereocenters. The Hall–Kier alpha value is -0.680. The van der Waals surface area contributed by atoms with Crippen LogP contribution in [0.4, 0.5) is 0 Å². The van der Waals surface area contributed by atoms with Crippen molar-refractivity contribution in [2.24, 2.45) is 46.3 Å². The number of likely N-dealkylation sites (tertiary alicyclic amines) is 1. The van der Waals surface area contributed by atoms with Crippen LogP contribution in [0.1, 0.15) is 221 Å². The van der Waals surface area contributed by atoms with E-state index in [-0.39, 0.29) is 6.10 Å². The van der Waals surface area contributed by atoms with E-state index in [9.17, 15) is 0 Å². The van der Waals surface area contributed by atoms with E-state index in [0.717, 1.165) is 61.7 Å². The van der Waals surface area contributed by atoms with Crippen LogP contribution in [0, 0.1) is 46.3 Å². The smallest absolute Gasteiger partial charge is 0.0936 e. The SMILES string of the molecule is CCCCCCCC/C=C\CCCCCCCCOCC(CN1CCCCC1)OCCO[C@H]1CC[C@@]2(C)C(=CC[C@H]3[C@@H]4CC[C@H]([C@H](C)CCCC(C)C)[C@@]4(C)CC[C@@H]32)C1. The molecule has 0 aromatic heterocycles. The van der Waals surface area contributed by atoms with Crippen molar-refractivity contribution in [3.63, 3.8) is 0 Å². The summed E-state index contributed by atoms with van der Waals surface area (Å²) in [5.41, 5.74) is 2.71. The van der Waals surface area contributed by atoms with E-state index in [2.05, 4.69) is 64.7 Å². The first kappa shape index (κ1) is 49.3. The summed E-state index contributed by atoms with van der Waals surface area (Å²) in [5, 5.41) is 0. The number of piperidine rings is 1. The van der Waals surface area contributed by atoms with Gasteiger partial charge in [0.05, 0.1) is 32.0 Å². The van der Waals surface area contributed by atoms with Crippen LogP contribution in [0.2, 0.25) is 0 Å². The Morgan fingerprint density at radius 1 is 0.729 bits per heavy atom. The van der Waals surface area contributed by atoms with E-state index in [4.69, 9.17) is 14.2 Å². The quantitative estimate of drug-likeness (QED) is 0.0533. The molecule has 9 atom stereocenters. The molecule has 1 heterocycles. The van der Waals surface area contributed by atoms with Gasteiger partial charge in [-0.05, 0) is 156 Å². The zero-order chi connectivity index (χ0) is 41.8. The third-order valence-electron chi connectivity index (χ3n) is 17.1. The topological polar surface area (TPSA) is 30.9 Å². The average Bonchev–Trinajstić information content (AvgIpc) is 3.59. The first-order chi connectivity index (χ1) is 28.7. The zero-order valence-corrected chi connectivity index (χ0v) is 40.3. The van der Waals surface area contributed by atoms with E-state index in [1.54, 1.807) is 5.57 Å². The molecule has 4 aliphatic carbocycles. The minimum Gasteiger partial charge on any atom is -0.379 e. The first-order valence-corrected chi connectivity index (χ1v) is 26.6. The molecule has 59 heavy (non-hydrogen) atoms. The van der Waals surface area contributed by atoms with Crippen LogP contribution in [-0.4, -0.2) is 63.2 Å². The Bertz CT molecular complexity index is 1170. The molecule has 4 nitrogen and oxygen atoms in total. The predicted octanol–water partition coefficient (Wildman–Crippen LogP) is 15.3. The highest BCUT2D eigenvalue weighted by Gasteiger charge is 2.59. The third-order valence-corrected chi connectivity index (χ3v) is 17.1. The normalized spacial score (nSPS) is 31.0. The van der Waals surface area contributed by atoms with Crippen LogP contribution in [0.5, 0.6) is 0 Å². The number of hydrogen-bond acceptors (Lipinski definition) is 4. The molecule has 1 saturated heterocycles. The number of rotatable bonds is 30. The summed E-state index contributed by atoms with van der Waals surface area (Å²) < 4.78 is 19.5. The van der Waals surface area contributed by atoms with Gasteiger partial charge in [-0.1, -0.05) is 149 Å². The van der Waals surface area contributed by atoms with Gasteiger partial charge in [0.2, 0.25) is 0 Å². The molecule has 0 spiro atoms. The van der Waals surface area contributed by atoms with Gasteiger partial charge in [-0.25, -0.2) is 0 Å². The Labute approximate surface area is 367 Å². The lowest BCUT2D eigenvalue weighted by molar-refractivity contribution is -0.0803. The first-order valence-electron chi connectivity index (χ1n) is 26.6. The van der Waals surface area contributed by atoms with Crippen molar-refractivity contribution in [2.45, 2.75) is 234 Å². The maximum absolute atomic E-state index is 6.64. The van der Waals surface area contributed by atoms with Crippen molar-refractivity contribution < 1.29 is 14.2 Å². The highest BCUT2D eigenvalue weighted by molar-refractivity contribution is 5.25. The van der Waals surface area contributed by atoms with Crippen LogP contribution in [0.15, 0.2) is 23.8 Å². The molecule has 342 valence electrons. The monoisotopic (exact) mass is 822 g/mol. The second-order valence-electron chi connectivity index (χ2n) is 21.9. The molecule has 0 radical (unpaired) electrons. The molecule has 0 aromatic carbocycles. The van der Waals surface area contributed by atoms with Crippen LogP contribution >= 0.6 is 0 Å². The van der Waals surface area contributed by atoms with Gasteiger partial charge in [0.1, 0.15) is 0 Å². The fourth-order valence-corrected chi connectivity index (χ4v) is 13.5. The number of unbranched alkanes of at least 4 members (excludes halogenated alkanes) is 12. The molecule has 4 heteroatoms. The van der Waals surface area contributed by atoms with Gasteiger partial charge < -0.3 is 19.1 Å². The molecule has 0 aromatic rings. The van der Waals surface area contributed by atoms with E-state index < -0.39 is 0 Å². The zero-order valence-electron chi connectivity index (χ0n) is 40.3. The lowest BCUT2D eigenvalue weighted by Crippen LogP contribution is -2.51. The lowest BCUT2D eigenvalue weighted by atomic mass is 9.47. The largest absolute Gasteiger partial charge is 0.379 e.